The zero-order chi connectivity index (χ0) is 15.4. The molecule has 4 rings (SSSR count). The lowest BCUT2D eigenvalue weighted by Crippen LogP contribution is -2.52. The molecule has 2 nitrogen and oxygen atoms in total. The first-order valence-corrected chi connectivity index (χ1v) is 9.77. The second-order valence-corrected chi connectivity index (χ2v) is 9.40. The van der Waals surface area contributed by atoms with Crippen LogP contribution in [0.2, 0.25) is 0 Å². The van der Waals surface area contributed by atoms with Gasteiger partial charge in [0.25, 0.3) is 0 Å². The van der Waals surface area contributed by atoms with Crippen molar-refractivity contribution in [2.45, 2.75) is 78.1 Å². The lowest BCUT2D eigenvalue weighted by Gasteiger charge is -2.60. The lowest BCUT2D eigenvalue weighted by atomic mass is 9.45. The van der Waals surface area contributed by atoms with Crippen molar-refractivity contribution in [2.75, 3.05) is 0 Å². The molecule has 1 unspecified atom stereocenters. The van der Waals surface area contributed by atoms with Gasteiger partial charge in [0, 0.05) is 12.1 Å². The first-order valence-electron chi connectivity index (χ1n) is 9.77. The number of fused-ring (bicyclic) bond motifs is 5. The van der Waals surface area contributed by atoms with Crippen LogP contribution in [0.25, 0.3) is 0 Å². The number of hydrogen-bond acceptors (Lipinski definition) is 2. The first-order chi connectivity index (χ1) is 10.6. The maximum absolute atomic E-state index is 9.03. The van der Waals surface area contributed by atoms with Crippen LogP contribution in [0, 0.1) is 40.4 Å². The van der Waals surface area contributed by atoms with Crippen LogP contribution in [0.5, 0.6) is 0 Å². The van der Waals surface area contributed by atoms with Gasteiger partial charge in [0.15, 0.2) is 0 Å². The van der Waals surface area contributed by atoms with Crippen molar-refractivity contribution >= 4 is 6.21 Å². The molecule has 124 valence electrons. The Morgan fingerprint density at radius 3 is 2.50 bits per heavy atom. The Morgan fingerprint density at radius 1 is 0.864 bits per heavy atom. The van der Waals surface area contributed by atoms with Crippen LogP contribution in [0.1, 0.15) is 78.1 Å². The van der Waals surface area contributed by atoms with Crippen LogP contribution in [0.15, 0.2) is 5.16 Å². The summed E-state index contributed by atoms with van der Waals surface area (Å²) >= 11 is 0. The summed E-state index contributed by atoms with van der Waals surface area (Å²) < 4.78 is 0. The van der Waals surface area contributed by atoms with E-state index in [1.807, 2.05) is 6.21 Å². The van der Waals surface area contributed by atoms with Gasteiger partial charge in [-0.3, -0.25) is 0 Å². The number of oxime groups is 1. The van der Waals surface area contributed by atoms with E-state index in [1.165, 1.54) is 64.2 Å². The highest BCUT2D eigenvalue weighted by molar-refractivity contribution is 5.62. The molecule has 0 heterocycles. The van der Waals surface area contributed by atoms with Crippen molar-refractivity contribution in [1.29, 1.82) is 0 Å². The van der Waals surface area contributed by atoms with Gasteiger partial charge < -0.3 is 5.21 Å². The van der Waals surface area contributed by atoms with E-state index in [0.29, 0.717) is 16.7 Å². The lowest BCUT2D eigenvalue weighted by molar-refractivity contribution is -0.106. The summed E-state index contributed by atoms with van der Waals surface area (Å²) in [6, 6.07) is 0. The van der Waals surface area contributed by atoms with Gasteiger partial charge in [-0.15, -0.1) is 5.16 Å². The van der Waals surface area contributed by atoms with Gasteiger partial charge in [0.1, 0.15) is 0 Å². The van der Waals surface area contributed by atoms with Gasteiger partial charge in [0.05, 0.1) is 0 Å². The third-order valence-electron chi connectivity index (χ3n) is 8.90. The van der Waals surface area contributed by atoms with Gasteiger partial charge in [-0.25, -0.2) is 0 Å². The van der Waals surface area contributed by atoms with E-state index in [4.69, 9.17) is 5.21 Å². The number of nitrogens with zero attached hydrogens (tertiary/aromatic N) is 1. The highest BCUT2D eigenvalue weighted by Gasteiger charge is 2.59. The molecule has 0 aromatic heterocycles. The molecule has 4 aliphatic carbocycles. The summed E-state index contributed by atoms with van der Waals surface area (Å²) in [5.74, 6) is 4.35. The van der Waals surface area contributed by atoms with Crippen molar-refractivity contribution in [2.24, 2.45) is 45.6 Å². The molecule has 0 spiro atoms. The van der Waals surface area contributed by atoms with E-state index in [-0.39, 0.29) is 0 Å². The van der Waals surface area contributed by atoms with Gasteiger partial charge in [-0.2, -0.15) is 0 Å². The van der Waals surface area contributed by atoms with Crippen LogP contribution in [-0.2, 0) is 0 Å². The van der Waals surface area contributed by atoms with Crippen molar-refractivity contribution in [3.63, 3.8) is 0 Å². The Morgan fingerprint density at radius 2 is 1.68 bits per heavy atom. The first kappa shape index (κ1) is 15.0. The second kappa shape index (κ2) is 5.24. The molecule has 22 heavy (non-hydrogen) atoms. The maximum Gasteiger partial charge on any atom is 0.0472 e. The van der Waals surface area contributed by atoms with E-state index in [2.05, 4.69) is 19.0 Å². The van der Waals surface area contributed by atoms with Crippen LogP contribution >= 0.6 is 0 Å². The summed E-state index contributed by atoms with van der Waals surface area (Å²) in [5, 5.41) is 12.4. The zero-order valence-electron chi connectivity index (χ0n) is 14.4. The van der Waals surface area contributed by atoms with E-state index in [0.717, 1.165) is 23.7 Å². The molecule has 0 amide bonds. The largest absolute Gasteiger partial charge is 0.411 e. The van der Waals surface area contributed by atoms with E-state index < -0.39 is 0 Å². The molecule has 4 saturated carbocycles. The van der Waals surface area contributed by atoms with Gasteiger partial charge in [-0.1, -0.05) is 26.7 Å². The van der Waals surface area contributed by atoms with E-state index in [1.54, 1.807) is 0 Å². The normalized spacial score (nSPS) is 54.7. The summed E-state index contributed by atoms with van der Waals surface area (Å²) in [5.41, 5.74) is 1.05. The van der Waals surface area contributed by atoms with Crippen molar-refractivity contribution < 1.29 is 5.21 Å². The minimum atomic E-state index is 0.408. The van der Waals surface area contributed by atoms with Gasteiger partial charge >= 0.3 is 0 Å². The Balaban J connectivity index is 1.62. The summed E-state index contributed by atoms with van der Waals surface area (Å²) in [4.78, 5) is 0. The SMILES string of the molecule is C[C@]12CCCC[C@H]1CC[C@H]1[C@H]3CCC(C=NO)[C@@]3(C)CC[C@@H]12. The van der Waals surface area contributed by atoms with Crippen LogP contribution in [0.3, 0.4) is 0 Å². The summed E-state index contributed by atoms with van der Waals surface area (Å²) in [6.07, 6.45) is 16.2. The van der Waals surface area contributed by atoms with Crippen LogP contribution < -0.4 is 0 Å². The van der Waals surface area contributed by atoms with Crippen molar-refractivity contribution in [1.82, 2.24) is 0 Å². The fourth-order valence-electron chi connectivity index (χ4n) is 7.66. The summed E-state index contributed by atoms with van der Waals surface area (Å²) in [6.45, 7) is 5.15. The Hall–Kier alpha value is -0.530. The predicted molar refractivity (Wildman–Crippen MR) is 90.1 cm³/mol. The number of rotatable bonds is 1. The highest BCUT2D eigenvalue weighted by Crippen LogP contribution is 2.67. The van der Waals surface area contributed by atoms with Crippen molar-refractivity contribution in [3.05, 3.63) is 0 Å². The molecule has 0 aromatic rings. The monoisotopic (exact) mass is 303 g/mol. The Bertz CT molecular complexity index is 461. The molecule has 2 heteroatoms. The molecule has 0 aliphatic heterocycles. The molecule has 7 atom stereocenters. The fourth-order valence-corrected chi connectivity index (χ4v) is 7.66. The third kappa shape index (κ3) is 1.94. The minimum Gasteiger partial charge on any atom is -0.411 e. The second-order valence-electron chi connectivity index (χ2n) is 9.40. The molecular formula is C20H33NO. The average Bonchev–Trinajstić information content (AvgIpc) is 2.84. The maximum atomic E-state index is 9.03. The quantitative estimate of drug-likeness (QED) is 0.387. The topological polar surface area (TPSA) is 32.6 Å². The molecule has 0 saturated heterocycles. The predicted octanol–water partition coefficient (Wildman–Crippen LogP) is 5.50. The Labute approximate surface area is 135 Å². The number of hydrogen-bond donors (Lipinski definition) is 1. The third-order valence-corrected chi connectivity index (χ3v) is 8.90. The van der Waals surface area contributed by atoms with Crippen LogP contribution in [0.4, 0.5) is 0 Å². The molecule has 0 radical (unpaired) electrons. The smallest absolute Gasteiger partial charge is 0.0472 e. The highest BCUT2D eigenvalue weighted by atomic mass is 16.4. The van der Waals surface area contributed by atoms with E-state index in [9.17, 15) is 0 Å². The van der Waals surface area contributed by atoms with Crippen molar-refractivity contribution in [3.8, 4) is 0 Å². The molecule has 1 N–H and O–H groups in total. The van der Waals surface area contributed by atoms with Gasteiger partial charge in [0.2, 0.25) is 0 Å². The molecule has 4 fully saturated rings. The zero-order valence-corrected chi connectivity index (χ0v) is 14.4. The van der Waals surface area contributed by atoms with Crippen LogP contribution in [-0.4, -0.2) is 11.4 Å². The Kier molecular flexibility index (Phi) is 3.58. The van der Waals surface area contributed by atoms with E-state index >= 15 is 0 Å². The minimum absolute atomic E-state index is 0.408. The fraction of sp³-hybridized carbons (Fsp3) is 0.950. The summed E-state index contributed by atoms with van der Waals surface area (Å²) in [7, 11) is 0. The standard InChI is InChI=1S/C20H33NO/c1-19-11-4-3-5-14(19)6-8-16-17-9-7-15(13-21-22)20(17,2)12-10-18(16)19/h13-18,22H,3-12H2,1-2H3/t14-,15?,16-,17+,18-,19-,20+/m0/s1. The molecule has 0 bridgehead atoms. The molecule has 0 aromatic carbocycles. The molecular weight excluding hydrogens is 270 g/mol. The average molecular weight is 303 g/mol. The van der Waals surface area contributed by atoms with Gasteiger partial charge in [-0.05, 0) is 85.9 Å². The molecule has 4 aliphatic rings.